The highest BCUT2D eigenvalue weighted by atomic mass is 79.9. The Labute approximate surface area is 95.6 Å². The molecule has 0 heterocycles. The second-order valence-electron chi connectivity index (χ2n) is 3.90. The molecule has 0 aliphatic carbocycles. The van der Waals surface area contributed by atoms with Gasteiger partial charge in [0.15, 0.2) is 0 Å². The van der Waals surface area contributed by atoms with Gasteiger partial charge in [-0.2, -0.15) is 13.2 Å². The van der Waals surface area contributed by atoms with Gasteiger partial charge >= 0.3 is 6.18 Å². The molecule has 0 amide bonds. The maximum Gasteiger partial charge on any atom is 0.416 e. The second kappa shape index (κ2) is 4.56. The molecule has 0 atom stereocenters. The fourth-order valence-corrected chi connectivity index (χ4v) is 1.76. The highest BCUT2D eigenvalue weighted by Crippen LogP contribution is 2.32. The monoisotopic (exact) mass is 280 g/mol. The summed E-state index contributed by atoms with van der Waals surface area (Å²) >= 11 is 3.26. The van der Waals surface area contributed by atoms with Crippen molar-refractivity contribution in [3.63, 3.8) is 0 Å². The van der Waals surface area contributed by atoms with Gasteiger partial charge < -0.3 is 0 Å². The number of halogens is 4. The van der Waals surface area contributed by atoms with E-state index in [-0.39, 0.29) is 0 Å². The predicted octanol–water partition coefficient (Wildman–Crippen LogP) is 4.67. The minimum absolute atomic E-state index is 0.338. The zero-order valence-electron chi connectivity index (χ0n) is 8.53. The molecule has 0 fully saturated rings. The molecule has 1 aromatic carbocycles. The predicted molar refractivity (Wildman–Crippen MR) is 57.7 cm³/mol. The van der Waals surface area contributed by atoms with Crippen molar-refractivity contribution in [3.8, 4) is 0 Å². The SMILES string of the molecule is CC(C)Cc1cc(C(F)(F)F)ccc1Br. The molecule has 0 saturated carbocycles. The molecular formula is C11H12BrF3. The van der Waals surface area contributed by atoms with Crippen molar-refractivity contribution in [2.24, 2.45) is 5.92 Å². The molecule has 0 saturated heterocycles. The number of alkyl halides is 3. The van der Waals surface area contributed by atoms with Crippen molar-refractivity contribution in [2.45, 2.75) is 26.4 Å². The molecule has 15 heavy (non-hydrogen) atoms. The molecule has 1 rings (SSSR count). The van der Waals surface area contributed by atoms with Crippen LogP contribution < -0.4 is 0 Å². The number of hydrogen-bond acceptors (Lipinski definition) is 0. The van der Waals surface area contributed by atoms with Crippen LogP contribution in [0.1, 0.15) is 25.0 Å². The number of rotatable bonds is 2. The van der Waals surface area contributed by atoms with Crippen LogP contribution in [0.15, 0.2) is 22.7 Å². The maximum absolute atomic E-state index is 12.4. The third-order valence-corrected chi connectivity index (χ3v) is 2.77. The Kier molecular flexibility index (Phi) is 3.82. The zero-order chi connectivity index (χ0) is 11.6. The van der Waals surface area contributed by atoms with Crippen LogP contribution >= 0.6 is 15.9 Å². The Balaban J connectivity index is 3.06. The Bertz CT molecular complexity index is 342. The van der Waals surface area contributed by atoms with Crippen LogP contribution in [0, 0.1) is 5.92 Å². The van der Waals surface area contributed by atoms with Crippen molar-refractivity contribution in [1.82, 2.24) is 0 Å². The first-order valence-electron chi connectivity index (χ1n) is 4.66. The van der Waals surface area contributed by atoms with Gasteiger partial charge in [-0.15, -0.1) is 0 Å². The molecule has 0 nitrogen and oxygen atoms in total. The first-order chi connectivity index (χ1) is 6.80. The van der Waals surface area contributed by atoms with E-state index in [0.29, 0.717) is 17.9 Å². The van der Waals surface area contributed by atoms with E-state index in [1.807, 2.05) is 13.8 Å². The molecule has 0 aliphatic heterocycles. The van der Waals surface area contributed by atoms with Gasteiger partial charge in [0, 0.05) is 4.47 Å². The number of benzene rings is 1. The van der Waals surface area contributed by atoms with Crippen molar-refractivity contribution in [2.75, 3.05) is 0 Å². The minimum Gasteiger partial charge on any atom is -0.166 e. The van der Waals surface area contributed by atoms with Gasteiger partial charge in [-0.05, 0) is 36.1 Å². The molecule has 0 bridgehead atoms. The molecule has 1 aromatic rings. The Hall–Kier alpha value is -0.510. The molecule has 0 radical (unpaired) electrons. The highest BCUT2D eigenvalue weighted by molar-refractivity contribution is 9.10. The van der Waals surface area contributed by atoms with Crippen LogP contribution in [0.25, 0.3) is 0 Å². The van der Waals surface area contributed by atoms with E-state index < -0.39 is 11.7 Å². The average Bonchev–Trinajstić information content (AvgIpc) is 2.06. The second-order valence-corrected chi connectivity index (χ2v) is 4.76. The normalized spacial score (nSPS) is 12.2. The Morgan fingerprint density at radius 2 is 1.87 bits per heavy atom. The van der Waals surface area contributed by atoms with Gasteiger partial charge in [0.2, 0.25) is 0 Å². The third-order valence-electron chi connectivity index (χ3n) is 2.00. The summed E-state index contributed by atoms with van der Waals surface area (Å²) in [5, 5.41) is 0. The average molecular weight is 281 g/mol. The van der Waals surface area contributed by atoms with Crippen LogP contribution in [-0.2, 0) is 12.6 Å². The van der Waals surface area contributed by atoms with Crippen molar-refractivity contribution in [3.05, 3.63) is 33.8 Å². The van der Waals surface area contributed by atoms with Gasteiger partial charge in [0.25, 0.3) is 0 Å². The van der Waals surface area contributed by atoms with Gasteiger partial charge in [-0.3, -0.25) is 0 Å². The van der Waals surface area contributed by atoms with Crippen LogP contribution in [0.3, 0.4) is 0 Å². The van der Waals surface area contributed by atoms with Crippen molar-refractivity contribution >= 4 is 15.9 Å². The molecule has 0 N–H and O–H groups in total. The molecule has 0 spiro atoms. The Morgan fingerprint density at radius 1 is 1.27 bits per heavy atom. The van der Waals surface area contributed by atoms with E-state index in [2.05, 4.69) is 15.9 Å². The molecule has 0 aliphatic rings. The fourth-order valence-electron chi connectivity index (χ4n) is 1.35. The van der Waals surface area contributed by atoms with Gasteiger partial charge in [-0.1, -0.05) is 29.8 Å². The lowest BCUT2D eigenvalue weighted by atomic mass is 10.0. The highest BCUT2D eigenvalue weighted by Gasteiger charge is 2.30. The van der Waals surface area contributed by atoms with Crippen LogP contribution in [0.5, 0.6) is 0 Å². The van der Waals surface area contributed by atoms with Crippen LogP contribution in [0.4, 0.5) is 13.2 Å². The van der Waals surface area contributed by atoms with E-state index in [1.54, 1.807) is 0 Å². The quantitative estimate of drug-likeness (QED) is 0.739. The molecule has 0 unspecified atom stereocenters. The zero-order valence-corrected chi connectivity index (χ0v) is 10.1. The largest absolute Gasteiger partial charge is 0.416 e. The topological polar surface area (TPSA) is 0 Å². The third kappa shape index (κ3) is 3.52. The van der Waals surface area contributed by atoms with E-state index in [0.717, 1.165) is 10.5 Å². The van der Waals surface area contributed by atoms with E-state index in [4.69, 9.17) is 0 Å². The summed E-state index contributed by atoms with van der Waals surface area (Å²) in [4.78, 5) is 0. The lowest BCUT2D eigenvalue weighted by Crippen LogP contribution is -2.06. The van der Waals surface area contributed by atoms with Crippen molar-refractivity contribution in [1.29, 1.82) is 0 Å². The summed E-state index contributed by atoms with van der Waals surface area (Å²) < 4.78 is 38.0. The lowest BCUT2D eigenvalue weighted by molar-refractivity contribution is -0.137. The first-order valence-corrected chi connectivity index (χ1v) is 5.45. The van der Waals surface area contributed by atoms with E-state index in [1.165, 1.54) is 12.1 Å². The van der Waals surface area contributed by atoms with Gasteiger partial charge in [0.05, 0.1) is 5.56 Å². The summed E-state index contributed by atoms with van der Waals surface area (Å²) in [7, 11) is 0. The van der Waals surface area contributed by atoms with Gasteiger partial charge in [0.1, 0.15) is 0 Å². The number of hydrogen-bond donors (Lipinski definition) is 0. The summed E-state index contributed by atoms with van der Waals surface area (Å²) in [6.45, 7) is 3.96. The molecule has 4 heteroatoms. The fraction of sp³-hybridized carbons (Fsp3) is 0.455. The van der Waals surface area contributed by atoms with Crippen LogP contribution in [-0.4, -0.2) is 0 Å². The minimum atomic E-state index is -4.26. The molecule has 0 aromatic heterocycles. The smallest absolute Gasteiger partial charge is 0.166 e. The molecule has 84 valence electrons. The summed E-state index contributed by atoms with van der Waals surface area (Å²) in [6.07, 6.45) is -3.61. The lowest BCUT2D eigenvalue weighted by Gasteiger charge is -2.12. The molecular weight excluding hydrogens is 269 g/mol. The van der Waals surface area contributed by atoms with E-state index >= 15 is 0 Å². The summed E-state index contributed by atoms with van der Waals surface area (Å²) in [5.41, 5.74) is 0.126. The maximum atomic E-state index is 12.4. The standard InChI is InChI=1S/C11H12BrF3/c1-7(2)5-8-6-9(11(13,14)15)3-4-10(8)12/h3-4,6-7H,5H2,1-2H3. The van der Waals surface area contributed by atoms with E-state index in [9.17, 15) is 13.2 Å². The summed E-state index contributed by atoms with van der Waals surface area (Å²) in [6, 6.07) is 3.76. The van der Waals surface area contributed by atoms with Crippen LogP contribution in [0.2, 0.25) is 0 Å². The van der Waals surface area contributed by atoms with Crippen molar-refractivity contribution < 1.29 is 13.2 Å². The summed E-state index contributed by atoms with van der Waals surface area (Å²) in [5.74, 6) is 0.338. The first kappa shape index (κ1) is 12.6. The van der Waals surface area contributed by atoms with Gasteiger partial charge in [-0.25, -0.2) is 0 Å². The Morgan fingerprint density at radius 3 is 2.33 bits per heavy atom.